The lowest BCUT2D eigenvalue weighted by Crippen LogP contribution is -2.03. The molecule has 4 nitrogen and oxygen atoms in total. The molecule has 126 valence electrons. The van der Waals surface area contributed by atoms with Crippen LogP contribution in [-0.4, -0.2) is 15.5 Å². The van der Waals surface area contributed by atoms with Gasteiger partial charge < -0.3 is 5.32 Å². The number of benzene rings is 2. The van der Waals surface area contributed by atoms with Gasteiger partial charge in [-0.2, -0.15) is 0 Å². The summed E-state index contributed by atoms with van der Waals surface area (Å²) in [5.74, 6) is -4.31. The molecule has 4 aromatic rings. The molecular weight excluding hydrogens is 351 g/mol. The molecular formula is C17H10F3N3OS. The summed E-state index contributed by atoms with van der Waals surface area (Å²) in [7, 11) is 0. The summed E-state index contributed by atoms with van der Waals surface area (Å²) in [6.45, 7) is 1.44. The molecule has 0 bridgehead atoms. The van der Waals surface area contributed by atoms with Crippen molar-refractivity contribution < 1.29 is 18.0 Å². The minimum Gasteiger partial charge on any atom is -0.329 e. The average Bonchev–Trinajstić information content (AvgIpc) is 3.11. The molecule has 4 rings (SSSR count). The molecule has 0 aliphatic carbocycles. The molecule has 1 N–H and O–H groups in total. The number of rotatable bonds is 2. The molecule has 2 heterocycles. The van der Waals surface area contributed by atoms with Gasteiger partial charge in [-0.3, -0.25) is 9.36 Å². The SMILES string of the molecule is CC(=O)n1c2ccccc2c2nc(Nc3ccc(F)c(F)c3F)sc21. The maximum Gasteiger partial charge on any atom is 0.229 e. The van der Waals surface area contributed by atoms with Gasteiger partial charge >= 0.3 is 0 Å². The number of hydrogen-bond acceptors (Lipinski definition) is 4. The third-order valence-corrected chi connectivity index (χ3v) is 4.76. The van der Waals surface area contributed by atoms with E-state index < -0.39 is 17.5 Å². The van der Waals surface area contributed by atoms with Gasteiger partial charge in [0.2, 0.25) is 5.91 Å². The first-order chi connectivity index (χ1) is 12.0. The molecule has 0 unspecified atom stereocenters. The van der Waals surface area contributed by atoms with E-state index in [1.807, 2.05) is 24.3 Å². The number of nitrogens with one attached hydrogen (secondary N) is 1. The fourth-order valence-electron chi connectivity index (χ4n) is 2.72. The van der Waals surface area contributed by atoms with E-state index in [1.54, 1.807) is 0 Å². The van der Waals surface area contributed by atoms with Crippen molar-refractivity contribution in [3.8, 4) is 0 Å². The smallest absolute Gasteiger partial charge is 0.229 e. The van der Waals surface area contributed by atoms with Crippen molar-refractivity contribution in [2.45, 2.75) is 6.92 Å². The summed E-state index contributed by atoms with van der Waals surface area (Å²) in [6, 6.07) is 9.22. The third-order valence-electron chi connectivity index (χ3n) is 3.80. The van der Waals surface area contributed by atoms with Gasteiger partial charge in [0.15, 0.2) is 22.6 Å². The number of carbonyl (C=O) groups excluding carboxylic acids is 1. The van der Waals surface area contributed by atoms with Gasteiger partial charge in [-0.1, -0.05) is 29.5 Å². The number of hydrogen-bond donors (Lipinski definition) is 1. The van der Waals surface area contributed by atoms with Crippen molar-refractivity contribution in [1.29, 1.82) is 0 Å². The number of aromatic nitrogens is 2. The highest BCUT2D eigenvalue weighted by molar-refractivity contribution is 7.22. The van der Waals surface area contributed by atoms with Crippen LogP contribution < -0.4 is 5.32 Å². The maximum absolute atomic E-state index is 13.8. The van der Waals surface area contributed by atoms with Crippen LogP contribution in [0.3, 0.4) is 0 Å². The molecule has 0 saturated heterocycles. The van der Waals surface area contributed by atoms with Crippen LogP contribution in [0.2, 0.25) is 0 Å². The van der Waals surface area contributed by atoms with Crippen molar-refractivity contribution in [2.75, 3.05) is 5.32 Å². The predicted molar refractivity (Wildman–Crippen MR) is 91.0 cm³/mol. The molecule has 0 aliphatic rings. The second-order valence-electron chi connectivity index (χ2n) is 5.39. The third kappa shape index (κ3) is 2.37. The number of halogens is 3. The topological polar surface area (TPSA) is 46.9 Å². The van der Waals surface area contributed by atoms with Crippen molar-refractivity contribution >= 4 is 49.3 Å². The van der Waals surface area contributed by atoms with E-state index in [4.69, 9.17) is 0 Å². The fourth-order valence-corrected chi connectivity index (χ4v) is 3.77. The predicted octanol–water partition coefficient (Wildman–Crippen LogP) is 5.07. The lowest BCUT2D eigenvalue weighted by molar-refractivity contribution is 0.0947. The Morgan fingerprint density at radius 1 is 1.12 bits per heavy atom. The van der Waals surface area contributed by atoms with Gasteiger partial charge in [-0.15, -0.1) is 0 Å². The zero-order valence-corrected chi connectivity index (χ0v) is 13.6. The molecule has 0 radical (unpaired) electrons. The first-order valence-electron chi connectivity index (χ1n) is 7.29. The van der Waals surface area contributed by atoms with Crippen LogP contribution in [0.4, 0.5) is 24.0 Å². The van der Waals surface area contributed by atoms with Crippen LogP contribution in [0, 0.1) is 17.5 Å². The Morgan fingerprint density at radius 3 is 2.64 bits per heavy atom. The van der Waals surface area contributed by atoms with E-state index in [0.717, 1.165) is 34.4 Å². The van der Waals surface area contributed by atoms with Crippen molar-refractivity contribution in [1.82, 2.24) is 9.55 Å². The quantitative estimate of drug-likeness (QED) is 0.507. The number of carbonyl (C=O) groups is 1. The largest absolute Gasteiger partial charge is 0.329 e. The van der Waals surface area contributed by atoms with E-state index in [1.165, 1.54) is 11.5 Å². The van der Waals surface area contributed by atoms with E-state index >= 15 is 0 Å². The minimum absolute atomic E-state index is 0.180. The molecule has 0 aliphatic heterocycles. The Hall–Kier alpha value is -2.87. The van der Waals surface area contributed by atoms with Gasteiger partial charge in [-0.05, 0) is 18.2 Å². The van der Waals surface area contributed by atoms with Crippen LogP contribution in [0.25, 0.3) is 21.3 Å². The summed E-state index contributed by atoms with van der Waals surface area (Å²) < 4.78 is 41.7. The number of nitrogens with zero attached hydrogens (tertiary/aromatic N) is 2. The first kappa shape index (κ1) is 15.6. The molecule has 8 heteroatoms. The summed E-state index contributed by atoms with van der Waals surface area (Å²) >= 11 is 1.13. The molecule has 0 atom stereocenters. The lowest BCUT2D eigenvalue weighted by Gasteiger charge is -2.05. The van der Waals surface area contributed by atoms with E-state index in [9.17, 15) is 18.0 Å². The van der Waals surface area contributed by atoms with Gasteiger partial charge in [0.1, 0.15) is 10.3 Å². The van der Waals surface area contributed by atoms with Crippen LogP contribution in [0.15, 0.2) is 36.4 Å². The van der Waals surface area contributed by atoms with Gasteiger partial charge in [0.25, 0.3) is 0 Å². The Balaban J connectivity index is 1.87. The lowest BCUT2D eigenvalue weighted by atomic mass is 10.2. The highest BCUT2D eigenvalue weighted by Gasteiger charge is 2.19. The molecule has 25 heavy (non-hydrogen) atoms. The number of fused-ring (bicyclic) bond motifs is 3. The van der Waals surface area contributed by atoms with Gasteiger partial charge in [0, 0.05) is 12.3 Å². The minimum atomic E-state index is -1.55. The average molecular weight is 361 g/mol. The first-order valence-corrected chi connectivity index (χ1v) is 8.10. The zero-order valence-electron chi connectivity index (χ0n) is 12.8. The Bertz CT molecular complexity index is 1150. The van der Waals surface area contributed by atoms with Crippen LogP contribution in [0.1, 0.15) is 11.7 Å². The highest BCUT2D eigenvalue weighted by atomic mass is 32.1. The summed E-state index contributed by atoms with van der Waals surface area (Å²) in [6.07, 6.45) is 0. The Kier molecular flexibility index (Phi) is 3.50. The summed E-state index contributed by atoms with van der Waals surface area (Å²) in [4.78, 5) is 17.0. The molecule has 2 aromatic carbocycles. The second-order valence-corrected chi connectivity index (χ2v) is 6.37. The summed E-state index contributed by atoms with van der Waals surface area (Å²) in [5, 5.41) is 3.70. The zero-order chi connectivity index (χ0) is 17.7. The molecule has 2 aromatic heterocycles. The number of para-hydroxylation sites is 1. The maximum atomic E-state index is 13.8. The summed E-state index contributed by atoms with van der Waals surface area (Å²) in [5.41, 5.74) is 1.09. The van der Waals surface area contributed by atoms with E-state index in [-0.39, 0.29) is 16.7 Å². The van der Waals surface area contributed by atoms with E-state index in [2.05, 4.69) is 10.3 Å². The van der Waals surface area contributed by atoms with Crippen molar-refractivity contribution in [3.63, 3.8) is 0 Å². The molecule has 0 saturated carbocycles. The van der Waals surface area contributed by atoms with Crippen molar-refractivity contribution in [2.24, 2.45) is 0 Å². The second kappa shape index (κ2) is 5.59. The molecule has 0 fully saturated rings. The highest BCUT2D eigenvalue weighted by Crippen LogP contribution is 2.36. The van der Waals surface area contributed by atoms with Gasteiger partial charge in [-0.25, -0.2) is 18.2 Å². The Morgan fingerprint density at radius 2 is 1.88 bits per heavy atom. The monoisotopic (exact) mass is 361 g/mol. The number of anilines is 2. The Labute approximate surface area is 143 Å². The standard InChI is InChI=1S/C17H10F3N3OS/c1-8(24)23-12-5-3-2-4-9(12)15-16(23)25-17(22-15)21-11-7-6-10(18)13(19)14(11)20/h2-7H,1H3,(H,21,22). The van der Waals surface area contributed by atoms with Crippen molar-refractivity contribution in [3.05, 3.63) is 53.8 Å². The van der Waals surface area contributed by atoms with Crippen LogP contribution in [0.5, 0.6) is 0 Å². The van der Waals surface area contributed by atoms with Crippen LogP contribution >= 0.6 is 11.3 Å². The molecule has 0 spiro atoms. The number of thiazole rings is 1. The van der Waals surface area contributed by atoms with E-state index in [0.29, 0.717) is 10.3 Å². The fraction of sp³-hybridized carbons (Fsp3) is 0.0588. The van der Waals surface area contributed by atoms with Gasteiger partial charge in [0.05, 0.1) is 11.2 Å². The normalized spacial score (nSPS) is 11.4. The van der Waals surface area contributed by atoms with Crippen LogP contribution in [-0.2, 0) is 0 Å². The molecule has 0 amide bonds.